The van der Waals surface area contributed by atoms with Crippen LogP contribution in [0.25, 0.3) is 22.2 Å². The number of nitrogens with zero attached hydrogens (tertiary/aromatic N) is 3. The summed E-state index contributed by atoms with van der Waals surface area (Å²) >= 11 is 0. The summed E-state index contributed by atoms with van der Waals surface area (Å²) in [5.74, 6) is 0.0453. The van der Waals surface area contributed by atoms with Gasteiger partial charge in [0.1, 0.15) is 0 Å². The molecule has 2 aromatic heterocycles. The van der Waals surface area contributed by atoms with Crippen molar-refractivity contribution < 1.29 is 4.79 Å². The molecule has 0 aliphatic carbocycles. The summed E-state index contributed by atoms with van der Waals surface area (Å²) in [4.78, 5) is 23.5. The molecule has 0 saturated carbocycles. The molecule has 3 rings (SSSR count). The maximum absolute atomic E-state index is 12.9. The number of pyridine rings is 2. The van der Waals surface area contributed by atoms with Crippen LogP contribution in [0.2, 0.25) is 0 Å². The number of benzene rings is 1. The first kappa shape index (κ1) is 15.2. The van der Waals surface area contributed by atoms with Gasteiger partial charge in [0.15, 0.2) is 0 Å². The molecule has 0 radical (unpaired) electrons. The lowest BCUT2D eigenvalue weighted by atomic mass is 10.0. The second kappa shape index (κ2) is 6.57. The van der Waals surface area contributed by atoms with Gasteiger partial charge in [-0.3, -0.25) is 9.78 Å². The zero-order chi connectivity index (χ0) is 16.2. The first-order chi connectivity index (χ1) is 11.2. The van der Waals surface area contributed by atoms with E-state index in [1.807, 2.05) is 61.2 Å². The van der Waals surface area contributed by atoms with E-state index in [1.54, 1.807) is 12.4 Å². The van der Waals surface area contributed by atoms with E-state index < -0.39 is 0 Å². The first-order valence-corrected chi connectivity index (χ1v) is 7.84. The molecule has 3 aromatic rings. The fraction of sp³-hybridized carbons (Fsp3) is 0.211. The van der Waals surface area contributed by atoms with Crippen LogP contribution in [0.3, 0.4) is 0 Å². The third-order valence-corrected chi connectivity index (χ3v) is 3.97. The Balaban J connectivity index is 2.21. The summed E-state index contributed by atoms with van der Waals surface area (Å²) < 4.78 is 0. The molecule has 0 aliphatic heterocycles. The first-order valence-electron chi connectivity index (χ1n) is 7.84. The Morgan fingerprint density at radius 3 is 2.43 bits per heavy atom. The van der Waals surface area contributed by atoms with Gasteiger partial charge >= 0.3 is 0 Å². The molecule has 116 valence electrons. The maximum atomic E-state index is 12.9. The molecule has 0 atom stereocenters. The summed E-state index contributed by atoms with van der Waals surface area (Å²) in [6.07, 6.45) is 3.47. The van der Waals surface area contributed by atoms with Crippen molar-refractivity contribution >= 4 is 16.8 Å². The monoisotopic (exact) mass is 305 g/mol. The molecule has 0 aliphatic rings. The fourth-order valence-corrected chi connectivity index (χ4v) is 2.70. The number of aromatic nitrogens is 2. The van der Waals surface area contributed by atoms with E-state index in [1.165, 1.54) is 0 Å². The quantitative estimate of drug-likeness (QED) is 0.737. The highest BCUT2D eigenvalue weighted by Gasteiger charge is 2.17. The highest BCUT2D eigenvalue weighted by atomic mass is 16.2. The normalized spacial score (nSPS) is 10.7. The van der Waals surface area contributed by atoms with Crippen LogP contribution in [0.1, 0.15) is 24.2 Å². The lowest BCUT2D eigenvalue weighted by molar-refractivity contribution is 0.0775. The Morgan fingerprint density at radius 2 is 1.74 bits per heavy atom. The van der Waals surface area contributed by atoms with Gasteiger partial charge in [-0.25, -0.2) is 4.98 Å². The lowest BCUT2D eigenvalue weighted by Gasteiger charge is -2.20. The molecule has 1 aromatic carbocycles. The maximum Gasteiger partial charge on any atom is 0.254 e. The van der Waals surface area contributed by atoms with Crippen molar-refractivity contribution in [2.75, 3.05) is 13.1 Å². The molecule has 0 N–H and O–H groups in total. The van der Waals surface area contributed by atoms with Gasteiger partial charge in [0.25, 0.3) is 5.91 Å². The minimum absolute atomic E-state index is 0.0453. The van der Waals surface area contributed by atoms with Gasteiger partial charge in [0.05, 0.1) is 16.8 Å². The number of carbonyl (C=O) groups excluding carboxylic acids is 1. The van der Waals surface area contributed by atoms with Crippen molar-refractivity contribution in [3.05, 3.63) is 60.4 Å². The topological polar surface area (TPSA) is 46.1 Å². The number of fused-ring (bicyclic) bond motifs is 1. The van der Waals surface area contributed by atoms with Gasteiger partial charge in [0.2, 0.25) is 0 Å². The van der Waals surface area contributed by atoms with E-state index in [4.69, 9.17) is 4.98 Å². The Labute approximate surface area is 135 Å². The summed E-state index contributed by atoms with van der Waals surface area (Å²) in [5, 5.41) is 0.891. The lowest BCUT2D eigenvalue weighted by Crippen LogP contribution is -2.30. The van der Waals surface area contributed by atoms with E-state index >= 15 is 0 Å². The third-order valence-electron chi connectivity index (χ3n) is 3.97. The van der Waals surface area contributed by atoms with Gasteiger partial charge < -0.3 is 4.90 Å². The van der Waals surface area contributed by atoms with Crippen molar-refractivity contribution in [2.45, 2.75) is 13.8 Å². The summed E-state index contributed by atoms with van der Waals surface area (Å²) in [7, 11) is 0. The summed E-state index contributed by atoms with van der Waals surface area (Å²) in [6.45, 7) is 5.37. The summed E-state index contributed by atoms with van der Waals surface area (Å²) in [5.41, 5.74) is 3.28. The molecule has 0 saturated heterocycles. The van der Waals surface area contributed by atoms with Crippen LogP contribution in [0.15, 0.2) is 54.9 Å². The molecule has 0 spiro atoms. The van der Waals surface area contributed by atoms with Crippen LogP contribution < -0.4 is 0 Å². The molecule has 1 amide bonds. The predicted molar refractivity (Wildman–Crippen MR) is 92.2 cm³/mol. The molecule has 23 heavy (non-hydrogen) atoms. The minimum atomic E-state index is 0.0453. The van der Waals surface area contributed by atoms with Crippen LogP contribution >= 0.6 is 0 Å². The van der Waals surface area contributed by atoms with Gasteiger partial charge in [0, 0.05) is 36.4 Å². The molecule has 0 bridgehead atoms. The second-order valence-corrected chi connectivity index (χ2v) is 5.29. The molecular formula is C19H19N3O. The largest absolute Gasteiger partial charge is 0.339 e. The Hall–Kier alpha value is -2.75. The standard InChI is InChI=1S/C19H19N3O/c1-3-22(4-2)19(23)16-13-18(14-9-11-20-12-10-14)21-17-8-6-5-7-15(16)17/h5-13H,3-4H2,1-2H3. The number of hydrogen-bond donors (Lipinski definition) is 0. The SMILES string of the molecule is CCN(CC)C(=O)c1cc(-c2ccncc2)nc2ccccc12. The van der Waals surface area contributed by atoms with E-state index in [2.05, 4.69) is 4.98 Å². The second-order valence-electron chi connectivity index (χ2n) is 5.29. The number of hydrogen-bond acceptors (Lipinski definition) is 3. The van der Waals surface area contributed by atoms with Crippen molar-refractivity contribution in [2.24, 2.45) is 0 Å². The van der Waals surface area contributed by atoms with E-state index in [9.17, 15) is 4.79 Å². The van der Waals surface area contributed by atoms with Crippen molar-refractivity contribution in [1.82, 2.24) is 14.9 Å². The van der Waals surface area contributed by atoms with Gasteiger partial charge in [-0.05, 0) is 38.1 Å². The van der Waals surface area contributed by atoms with Gasteiger partial charge in [-0.1, -0.05) is 18.2 Å². The Morgan fingerprint density at radius 1 is 1.04 bits per heavy atom. The fourth-order valence-electron chi connectivity index (χ4n) is 2.70. The van der Waals surface area contributed by atoms with Gasteiger partial charge in [-0.15, -0.1) is 0 Å². The molecule has 2 heterocycles. The molecule has 4 nitrogen and oxygen atoms in total. The zero-order valence-electron chi connectivity index (χ0n) is 13.4. The smallest absolute Gasteiger partial charge is 0.254 e. The predicted octanol–water partition coefficient (Wildman–Crippen LogP) is 3.78. The van der Waals surface area contributed by atoms with Crippen molar-refractivity contribution in [3.8, 4) is 11.3 Å². The van der Waals surface area contributed by atoms with Crippen LogP contribution in [-0.4, -0.2) is 33.9 Å². The number of rotatable bonds is 4. The highest BCUT2D eigenvalue weighted by molar-refractivity contribution is 6.07. The van der Waals surface area contributed by atoms with Crippen LogP contribution in [0, 0.1) is 0 Å². The van der Waals surface area contributed by atoms with E-state index in [0.29, 0.717) is 18.7 Å². The van der Waals surface area contributed by atoms with Crippen molar-refractivity contribution in [3.63, 3.8) is 0 Å². The minimum Gasteiger partial charge on any atom is -0.339 e. The van der Waals surface area contributed by atoms with Crippen molar-refractivity contribution in [1.29, 1.82) is 0 Å². The highest BCUT2D eigenvalue weighted by Crippen LogP contribution is 2.25. The van der Waals surface area contributed by atoms with Crippen LogP contribution in [0.5, 0.6) is 0 Å². The third kappa shape index (κ3) is 2.93. The molecule has 0 fully saturated rings. The molecule has 0 unspecified atom stereocenters. The number of amides is 1. The van der Waals surface area contributed by atoms with E-state index in [0.717, 1.165) is 22.2 Å². The molecular weight excluding hydrogens is 286 g/mol. The Bertz CT molecular complexity index is 826. The molecule has 4 heteroatoms. The van der Waals surface area contributed by atoms with Crippen LogP contribution in [-0.2, 0) is 0 Å². The number of para-hydroxylation sites is 1. The van der Waals surface area contributed by atoms with E-state index in [-0.39, 0.29) is 5.91 Å². The average Bonchev–Trinajstić information content (AvgIpc) is 2.62. The Kier molecular flexibility index (Phi) is 4.33. The van der Waals surface area contributed by atoms with Gasteiger partial charge in [-0.2, -0.15) is 0 Å². The average molecular weight is 305 g/mol. The number of carbonyl (C=O) groups is 1. The zero-order valence-corrected chi connectivity index (χ0v) is 13.4. The summed E-state index contributed by atoms with van der Waals surface area (Å²) in [6, 6.07) is 13.5. The van der Waals surface area contributed by atoms with Crippen LogP contribution in [0.4, 0.5) is 0 Å².